The molecule has 0 N–H and O–H groups in total. The Labute approximate surface area is 275 Å². The molecule has 0 bridgehead atoms. The van der Waals surface area contributed by atoms with Gasteiger partial charge in [-0.1, -0.05) is 83.9 Å². The Morgan fingerprint density at radius 3 is 1.65 bits per heavy atom. The number of anilines is 2. The molecule has 0 spiro atoms. The number of benzene rings is 4. The van der Waals surface area contributed by atoms with Gasteiger partial charge >= 0.3 is 0 Å². The molecule has 1 aliphatic rings. The average Bonchev–Trinajstić information content (AvgIpc) is 3.33. The van der Waals surface area contributed by atoms with Crippen LogP contribution in [0.3, 0.4) is 0 Å². The van der Waals surface area contributed by atoms with Gasteiger partial charge in [0, 0.05) is 50.8 Å². The third-order valence-electron chi connectivity index (χ3n) is 9.08. The Balaban J connectivity index is 1.42. The number of rotatable bonds is 17. The largest absolute Gasteiger partial charge is 0.382 e. The number of fused-ring (bicyclic) bond motifs is 3. The quantitative estimate of drug-likeness (QED) is 0.0871. The third-order valence-corrected chi connectivity index (χ3v) is 9.08. The molecule has 0 aliphatic heterocycles. The van der Waals surface area contributed by atoms with E-state index in [2.05, 4.69) is 123 Å². The van der Waals surface area contributed by atoms with Gasteiger partial charge in [-0.05, 0) is 91.3 Å². The van der Waals surface area contributed by atoms with Gasteiger partial charge in [-0.2, -0.15) is 0 Å². The number of methoxy groups -OCH3 is 2. The molecule has 0 radical (unpaired) electrons. The van der Waals surface area contributed by atoms with Crippen molar-refractivity contribution in [1.82, 2.24) is 0 Å². The van der Waals surface area contributed by atoms with Crippen molar-refractivity contribution >= 4 is 23.5 Å². The second-order valence-corrected chi connectivity index (χ2v) is 12.2. The molecule has 0 fully saturated rings. The lowest BCUT2D eigenvalue weighted by Gasteiger charge is -2.33. The Kier molecular flexibility index (Phi) is 11.8. The van der Waals surface area contributed by atoms with Gasteiger partial charge in [-0.15, -0.1) is 0 Å². The molecule has 0 aromatic heterocycles. The van der Waals surface area contributed by atoms with Crippen LogP contribution in [-0.4, -0.2) is 60.4 Å². The predicted molar refractivity (Wildman–Crippen MR) is 191 cm³/mol. The van der Waals surface area contributed by atoms with Crippen LogP contribution in [0.5, 0.6) is 0 Å². The molecule has 5 rings (SSSR count). The monoisotopic (exact) mass is 619 g/mol. The average molecular weight is 620 g/mol. The fourth-order valence-corrected chi connectivity index (χ4v) is 6.57. The van der Waals surface area contributed by atoms with Crippen molar-refractivity contribution in [2.45, 2.75) is 39.0 Å². The Morgan fingerprint density at radius 2 is 1.07 bits per heavy atom. The standard InChI is InChI=1S/C41H49NO4/c1-6-42(35-15-7-31(2)8-16-35)36-17-12-33(13-18-36)10-11-34-14-20-38-37-19-9-32(3)29-39(37)41(40(38)30-34,21-23-45-27-25-43-4)22-24-46-28-26-44-5/h7-20,29-30H,6,21-28H2,1-5H3/b11-10+. The minimum Gasteiger partial charge on any atom is -0.382 e. The van der Waals surface area contributed by atoms with E-state index in [9.17, 15) is 0 Å². The molecule has 242 valence electrons. The second-order valence-electron chi connectivity index (χ2n) is 12.2. The van der Waals surface area contributed by atoms with Crippen LogP contribution >= 0.6 is 0 Å². The van der Waals surface area contributed by atoms with Gasteiger partial charge in [-0.25, -0.2) is 0 Å². The van der Waals surface area contributed by atoms with E-state index in [1.807, 2.05) is 0 Å². The first-order valence-electron chi connectivity index (χ1n) is 16.5. The maximum absolute atomic E-state index is 6.07. The van der Waals surface area contributed by atoms with E-state index in [4.69, 9.17) is 18.9 Å². The maximum atomic E-state index is 6.07. The summed E-state index contributed by atoms with van der Waals surface area (Å²) in [4.78, 5) is 2.34. The normalized spacial score (nSPS) is 13.2. The molecular formula is C41H49NO4. The highest BCUT2D eigenvalue weighted by atomic mass is 16.5. The van der Waals surface area contributed by atoms with Crippen molar-refractivity contribution in [3.63, 3.8) is 0 Å². The van der Waals surface area contributed by atoms with Crippen LogP contribution in [-0.2, 0) is 24.4 Å². The van der Waals surface area contributed by atoms with Crippen molar-refractivity contribution in [1.29, 1.82) is 0 Å². The molecule has 4 aromatic rings. The molecule has 1 aliphatic carbocycles. The van der Waals surface area contributed by atoms with Crippen LogP contribution in [0.1, 0.15) is 53.1 Å². The van der Waals surface area contributed by atoms with E-state index in [-0.39, 0.29) is 5.41 Å². The molecule has 0 amide bonds. The summed E-state index contributed by atoms with van der Waals surface area (Å²) in [5, 5.41) is 0. The zero-order valence-corrected chi connectivity index (χ0v) is 28.2. The lowest BCUT2D eigenvalue weighted by Crippen LogP contribution is -2.30. The van der Waals surface area contributed by atoms with E-state index in [0.29, 0.717) is 39.6 Å². The van der Waals surface area contributed by atoms with Crippen LogP contribution in [0.15, 0.2) is 84.9 Å². The zero-order valence-electron chi connectivity index (χ0n) is 28.2. The summed E-state index contributed by atoms with van der Waals surface area (Å²) in [6.07, 6.45) is 6.19. The highest BCUT2D eigenvalue weighted by Gasteiger charge is 2.42. The topological polar surface area (TPSA) is 40.2 Å². The molecule has 5 nitrogen and oxygen atoms in total. The summed E-state index contributed by atoms with van der Waals surface area (Å²) < 4.78 is 22.6. The van der Waals surface area contributed by atoms with Gasteiger partial charge in [0.05, 0.1) is 26.4 Å². The van der Waals surface area contributed by atoms with Crippen LogP contribution < -0.4 is 4.90 Å². The molecule has 5 heteroatoms. The van der Waals surface area contributed by atoms with E-state index in [1.165, 1.54) is 55.9 Å². The molecule has 0 unspecified atom stereocenters. The third kappa shape index (κ3) is 7.79. The Hall–Kier alpha value is -3.74. The van der Waals surface area contributed by atoms with E-state index < -0.39 is 0 Å². The molecular weight excluding hydrogens is 570 g/mol. The number of nitrogens with zero attached hydrogens (tertiary/aromatic N) is 1. The minimum absolute atomic E-state index is 0.206. The van der Waals surface area contributed by atoms with Crippen LogP contribution in [0.2, 0.25) is 0 Å². The Bertz CT molecular complexity index is 1560. The summed E-state index contributed by atoms with van der Waals surface area (Å²) in [6.45, 7) is 11.1. The van der Waals surface area contributed by atoms with Crippen molar-refractivity contribution in [3.8, 4) is 11.1 Å². The van der Waals surface area contributed by atoms with Gasteiger partial charge < -0.3 is 23.8 Å². The molecule has 0 saturated heterocycles. The van der Waals surface area contributed by atoms with Crippen molar-refractivity contribution in [3.05, 3.63) is 118 Å². The number of ether oxygens (including phenoxy) is 4. The van der Waals surface area contributed by atoms with Crippen LogP contribution in [0, 0.1) is 13.8 Å². The first-order chi connectivity index (χ1) is 22.5. The summed E-state index contributed by atoms with van der Waals surface area (Å²) in [6, 6.07) is 31.3. The first-order valence-corrected chi connectivity index (χ1v) is 16.5. The fraction of sp³-hybridized carbons (Fsp3) is 0.366. The zero-order chi connectivity index (χ0) is 32.4. The van der Waals surface area contributed by atoms with Crippen molar-refractivity contribution < 1.29 is 18.9 Å². The maximum Gasteiger partial charge on any atom is 0.0700 e. The molecule has 0 heterocycles. The molecule has 4 aromatic carbocycles. The van der Waals surface area contributed by atoms with Gasteiger partial charge in [0.15, 0.2) is 0 Å². The molecule has 46 heavy (non-hydrogen) atoms. The summed E-state index contributed by atoms with van der Waals surface area (Å²) in [5.74, 6) is 0. The second kappa shape index (κ2) is 16.2. The van der Waals surface area contributed by atoms with E-state index in [1.54, 1.807) is 14.2 Å². The van der Waals surface area contributed by atoms with Gasteiger partial charge in [-0.3, -0.25) is 0 Å². The van der Waals surface area contributed by atoms with Crippen molar-refractivity contribution in [2.75, 3.05) is 65.3 Å². The van der Waals surface area contributed by atoms with Crippen LogP contribution in [0.25, 0.3) is 23.3 Å². The van der Waals surface area contributed by atoms with E-state index in [0.717, 1.165) is 19.4 Å². The minimum atomic E-state index is -0.206. The van der Waals surface area contributed by atoms with Gasteiger partial charge in [0.25, 0.3) is 0 Å². The Morgan fingerprint density at radius 1 is 0.565 bits per heavy atom. The van der Waals surface area contributed by atoms with Gasteiger partial charge in [0.2, 0.25) is 0 Å². The molecule has 0 atom stereocenters. The van der Waals surface area contributed by atoms with E-state index >= 15 is 0 Å². The number of aryl methyl sites for hydroxylation is 2. The van der Waals surface area contributed by atoms with Gasteiger partial charge in [0.1, 0.15) is 0 Å². The SMILES string of the molecule is CCN(c1ccc(C)cc1)c1ccc(/C=C/c2ccc3c(c2)C(CCOCCOC)(CCOCCOC)c2cc(C)ccc2-3)cc1. The lowest BCUT2D eigenvalue weighted by molar-refractivity contribution is 0.0490. The first kappa shape index (κ1) is 33.6. The fourth-order valence-electron chi connectivity index (χ4n) is 6.57. The molecule has 0 saturated carbocycles. The number of hydrogen-bond acceptors (Lipinski definition) is 5. The van der Waals surface area contributed by atoms with Crippen LogP contribution in [0.4, 0.5) is 11.4 Å². The summed E-state index contributed by atoms with van der Waals surface area (Å²) in [5.41, 5.74) is 12.4. The number of hydrogen-bond donors (Lipinski definition) is 0. The lowest BCUT2D eigenvalue weighted by atomic mass is 9.72. The summed E-state index contributed by atoms with van der Waals surface area (Å²) in [7, 11) is 3.42. The highest BCUT2D eigenvalue weighted by molar-refractivity contribution is 5.83. The predicted octanol–water partition coefficient (Wildman–Crippen LogP) is 9.00. The summed E-state index contributed by atoms with van der Waals surface area (Å²) >= 11 is 0. The highest BCUT2D eigenvalue weighted by Crippen LogP contribution is 2.53. The smallest absolute Gasteiger partial charge is 0.0700 e. The van der Waals surface area contributed by atoms with Crippen molar-refractivity contribution in [2.24, 2.45) is 0 Å².